The quantitative estimate of drug-likeness (QED) is 0.723. The van der Waals surface area contributed by atoms with Gasteiger partial charge < -0.3 is 10.1 Å². The lowest BCUT2D eigenvalue weighted by atomic mass is 9.99. The molecule has 2 aromatic rings. The second kappa shape index (κ2) is 9.26. The Morgan fingerprint density at radius 3 is 2.54 bits per heavy atom. The van der Waals surface area contributed by atoms with Crippen molar-refractivity contribution in [3.63, 3.8) is 0 Å². The predicted molar refractivity (Wildman–Crippen MR) is 109 cm³/mol. The third-order valence-corrected chi connectivity index (χ3v) is 6.22. The van der Waals surface area contributed by atoms with Gasteiger partial charge in [-0.15, -0.1) is 11.8 Å². The molecule has 2 aromatic carbocycles. The van der Waals surface area contributed by atoms with Crippen molar-refractivity contribution in [2.45, 2.75) is 22.5 Å². The van der Waals surface area contributed by atoms with Gasteiger partial charge in [0.15, 0.2) is 0 Å². The SMILES string of the molecule is O=C(/C=C/c1ccccc1Cl)NCC1(Sc2ccccc2)CCOCC1. The minimum Gasteiger partial charge on any atom is -0.381 e. The van der Waals surface area contributed by atoms with Gasteiger partial charge in [-0.25, -0.2) is 0 Å². The van der Waals surface area contributed by atoms with E-state index >= 15 is 0 Å². The Bertz CT molecular complexity index is 758. The summed E-state index contributed by atoms with van der Waals surface area (Å²) >= 11 is 7.95. The summed E-state index contributed by atoms with van der Waals surface area (Å²) in [6.45, 7) is 2.07. The number of nitrogens with one attached hydrogen (secondary N) is 1. The lowest BCUT2D eigenvalue weighted by molar-refractivity contribution is -0.116. The second-order valence-corrected chi connectivity index (χ2v) is 8.23. The minimum absolute atomic E-state index is 0.0342. The number of carbonyl (C=O) groups excluding carboxylic acids is 1. The van der Waals surface area contributed by atoms with Crippen molar-refractivity contribution in [1.82, 2.24) is 5.32 Å². The third-order valence-electron chi connectivity index (χ3n) is 4.39. The first-order valence-electron chi connectivity index (χ1n) is 8.69. The number of ether oxygens (including phenoxy) is 1. The number of halogens is 1. The molecule has 1 aliphatic heterocycles. The van der Waals surface area contributed by atoms with Crippen LogP contribution in [0.15, 0.2) is 65.6 Å². The van der Waals surface area contributed by atoms with E-state index in [-0.39, 0.29) is 10.7 Å². The molecule has 136 valence electrons. The first-order chi connectivity index (χ1) is 12.7. The molecule has 0 saturated carbocycles. The highest BCUT2D eigenvalue weighted by Crippen LogP contribution is 2.40. The number of hydrogen-bond donors (Lipinski definition) is 1. The Morgan fingerprint density at radius 1 is 1.12 bits per heavy atom. The number of amides is 1. The molecule has 0 spiro atoms. The van der Waals surface area contributed by atoms with Crippen LogP contribution in [-0.2, 0) is 9.53 Å². The molecule has 0 aliphatic carbocycles. The largest absolute Gasteiger partial charge is 0.381 e. The number of rotatable bonds is 6. The van der Waals surface area contributed by atoms with E-state index in [1.54, 1.807) is 12.2 Å². The normalized spacial score (nSPS) is 16.5. The monoisotopic (exact) mass is 387 g/mol. The topological polar surface area (TPSA) is 38.3 Å². The maximum absolute atomic E-state index is 12.3. The van der Waals surface area contributed by atoms with Crippen LogP contribution in [0.1, 0.15) is 18.4 Å². The summed E-state index contributed by atoms with van der Waals surface area (Å²) in [5.74, 6) is -0.107. The third kappa shape index (κ3) is 5.37. The molecule has 1 aliphatic rings. The van der Waals surface area contributed by atoms with Crippen LogP contribution in [0.5, 0.6) is 0 Å². The van der Waals surface area contributed by atoms with E-state index in [4.69, 9.17) is 16.3 Å². The highest BCUT2D eigenvalue weighted by molar-refractivity contribution is 8.00. The summed E-state index contributed by atoms with van der Waals surface area (Å²) in [4.78, 5) is 13.5. The van der Waals surface area contributed by atoms with Gasteiger partial charge in [-0.3, -0.25) is 4.79 Å². The molecular formula is C21H22ClNO2S. The summed E-state index contributed by atoms with van der Waals surface area (Å²) < 4.78 is 5.50. The van der Waals surface area contributed by atoms with Crippen molar-refractivity contribution in [3.8, 4) is 0 Å². The van der Waals surface area contributed by atoms with Gasteiger partial charge in [0.2, 0.25) is 5.91 Å². The van der Waals surface area contributed by atoms with Crippen molar-refractivity contribution < 1.29 is 9.53 Å². The average molecular weight is 388 g/mol. The first-order valence-corrected chi connectivity index (χ1v) is 9.89. The molecule has 3 rings (SSSR count). The van der Waals surface area contributed by atoms with E-state index < -0.39 is 0 Å². The van der Waals surface area contributed by atoms with E-state index in [0.29, 0.717) is 11.6 Å². The summed E-state index contributed by atoms with van der Waals surface area (Å²) in [6, 6.07) is 17.8. The molecule has 0 bridgehead atoms. The predicted octanol–water partition coefficient (Wildman–Crippen LogP) is 4.81. The van der Waals surface area contributed by atoms with Crippen LogP contribution in [0.4, 0.5) is 0 Å². The van der Waals surface area contributed by atoms with Gasteiger partial charge in [0.05, 0.1) is 0 Å². The molecule has 1 heterocycles. The highest BCUT2D eigenvalue weighted by atomic mass is 35.5. The fourth-order valence-electron chi connectivity index (χ4n) is 2.88. The molecule has 26 heavy (non-hydrogen) atoms. The molecule has 1 N–H and O–H groups in total. The minimum atomic E-state index is -0.107. The molecule has 0 aromatic heterocycles. The van der Waals surface area contributed by atoms with Gasteiger partial charge in [-0.1, -0.05) is 48.0 Å². The lowest BCUT2D eigenvalue weighted by Crippen LogP contribution is -2.44. The molecule has 1 saturated heterocycles. The Labute approximate surface area is 163 Å². The second-order valence-electron chi connectivity index (χ2n) is 6.28. The van der Waals surface area contributed by atoms with E-state index in [2.05, 4.69) is 17.4 Å². The maximum atomic E-state index is 12.3. The maximum Gasteiger partial charge on any atom is 0.244 e. The van der Waals surface area contributed by atoms with E-state index in [1.807, 2.05) is 54.2 Å². The van der Waals surface area contributed by atoms with Crippen LogP contribution in [0, 0.1) is 0 Å². The van der Waals surface area contributed by atoms with Gasteiger partial charge in [-0.05, 0) is 42.7 Å². The van der Waals surface area contributed by atoms with Crippen LogP contribution in [0.3, 0.4) is 0 Å². The van der Waals surface area contributed by atoms with Crippen LogP contribution in [0.25, 0.3) is 6.08 Å². The Hall–Kier alpha value is -1.75. The lowest BCUT2D eigenvalue weighted by Gasteiger charge is -2.36. The molecule has 0 unspecified atom stereocenters. The van der Waals surface area contributed by atoms with E-state index in [9.17, 15) is 4.79 Å². The first kappa shape index (κ1) is 19.0. The number of carbonyl (C=O) groups is 1. The van der Waals surface area contributed by atoms with Crippen LogP contribution >= 0.6 is 23.4 Å². The summed E-state index contributed by atoms with van der Waals surface area (Å²) in [6.07, 6.45) is 5.13. The van der Waals surface area contributed by atoms with Gasteiger partial charge in [0.25, 0.3) is 0 Å². The van der Waals surface area contributed by atoms with Crippen LogP contribution in [-0.4, -0.2) is 30.4 Å². The average Bonchev–Trinajstić information content (AvgIpc) is 2.67. The number of hydrogen-bond acceptors (Lipinski definition) is 3. The van der Waals surface area contributed by atoms with E-state index in [0.717, 1.165) is 31.6 Å². The zero-order chi connectivity index (χ0) is 18.2. The number of benzene rings is 2. The van der Waals surface area contributed by atoms with Crippen molar-refractivity contribution in [1.29, 1.82) is 0 Å². The molecule has 3 nitrogen and oxygen atoms in total. The molecule has 0 radical (unpaired) electrons. The van der Waals surface area contributed by atoms with E-state index in [1.165, 1.54) is 4.90 Å². The van der Waals surface area contributed by atoms with Crippen molar-refractivity contribution in [2.24, 2.45) is 0 Å². The van der Waals surface area contributed by atoms with Gasteiger partial charge in [0, 0.05) is 40.5 Å². The summed E-state index contributed by atoms with van der Waals surface area (Å²) in [7, 11) is 0. The Balaban J connectivity index is 1.62. The zero-order valence-corrected chi connectivity index (χ0v) is 16.1. The summed E-state index contributed by atoms with van der Waals surface area (Å²) in [5, 5.41) is 3.69. The molecule has 1 amide bonds. The Kier molecular flexibility index (Phi) is 6.78. The highest BCUT2D eigenvalue weighted by Gasteiger charge is 2.34. The fourth-order valence-corrected chi connectivity index (χ4v) is 4.39. The molecular weight excluding hydrogens is 366 g/mol. The fraction of sp³-hybridized carbons (Fsp3) is 0.286. The molecule has 1 fully saturated rings. The van der Waals surface area contributed by atoms with Crippen LogP contribution < -0.4 is 5.32 Å². The summed E-state index contributed by atoms with van der Waals surface area (Å²) in [5.41, 5.74) is 0.837. The standard InChI is InChI=1S/C21H22ClNO2S/c22-19-9-5-4-6-17(19)10-11-20(24)23-16-21(12-14-25-15-13-21)26-18-7-2-1-3-8-18/h1-11H,12-16H2,(H,23,24)/b11-10+. The van der Waals surface area contributed by atoms with Crippen molar-refractivity contribution in [3.05, 3.63) is 71.3 Å². The molecule has 0 atom stereocenters. The van der Waals surface area contributed by atoms with Crippen molar-refractivity contribution >= 4 is 35.3 Å². The van der Waals surface area contributed by atoms with Crippen LogP contribution in [0.2, 0.25) is 5.02 Å². The van der Waals surface area contributed by atoms with Crippen molar-refractivity contribution in [2.75, 3.05) is 19.8 Å². The molecule has 5 heteroatoms. The Morgan fingerprint density at radius 2 is 1.81 bits per heavy atom. The zero-order valence-electron chi connectivity index (χ0n) is 14.5. The van der Waals surface area contributed by atoms with Gasteiger partial charge >= 0.3 is 0 Å². The number of thioether (sulfide) groups is 1. The van der Waals surface area contributed by atoms with Gasteiger partial charge in [-0.2, -0.15) is 0 Å². The smallest absolute Gasteiger partial charge is 0.244 e. The van der Waals surface area contributed by atoms with Gasteiger partial charge in [0.1, 0.15) is 0 Å².